The largest absolute Gasteiger partial charge is 0.488 e. The van der Waals surface area contributed by atoms with Crippen molar-refractivity contribution in [2.75, 3.05) is 13.6 Å². The van der Waals surface area contributed by atoms with Crippen LogP contribution >= 0.6 is 0 Å². The Kier molecular flexibility index (Phi) is 5.50. The van der Waals surface area contributed by atoms with Crippen LogP contribution in [0.5, 0.6) is 5.75 Å². The monoisotopic (exact) mass is 411 g/mol. The normalized spacial score (nSPS) is 15.3. The predicted octanol–water partition coefficient (Wildman–Crippen LogP) is 4.69. The lowest BCUT2D eigenvalue weighted by molar-refractivity contribution is 0.155. The van der Waals surface area contributed by atoms with Gasteiger partial charge in [0.25, 0.3) is 0 Å². The number of likely N-dealkylation sites (N-methyl/N-ethyl adjacent to an activating group) is 1. The summed E-state index contributed by atoms with van der Waals surface area (Å²) in [4.78, 5) is 6.93. The first-order valence-corrected chi connectivity index (χ1v) is 10.6. The highest BCUT2D eigenvalue weighted by atomic mass is 16.5. The van der Waals surface area contributed by atoms with Crippen molar-refractivity contribution in [1.82, 2.24) is 15.0 Å². The molecule has 0 spiro atoms. The van der Waals surface area contributed by atoms with Gasteiger partial charge in [0, 0.05) is 13.0 Å². The molecular formula is C26H25N3O2. The third-order valence-electron chi connectivity index (χ3n) is 5.64. The Hall–Kier alpha value is -3.44. The molecule has 3 aromatic carbocycles. The van der Waals surface area contributed by atoms with Crippen LogP contribution in [0.3, 0.4) is 0 Å². The van der Waals surface area contributed by atoms with E-state index < -0.39 is 0 Å². The van der Waals surface area contributed by atoms with Gasteiger partial charge in [-0.2, -0.15) is 4.98 Å². The molecule has 1 aliphatic rings. The van der Waals surface area contributed by atoms with Crippen LogP contribution < -0.4 is 4.74 Å². The molecule has 2 heterocycles. The van der Waals surface area contributed by atoms with E-state index in [1.54, 1.807) is 0 Å². The molecule has 0 amide bonds. The smallest absolute Gasteiger partial charge is 0.240 e. The first-order chi connectivity index (χ1) is 15.3. The third-order valence-corrected chi connectivity index (χ3v) is 5.64. The molecule has 1 atom stereocenters. The first kappa shape index (κ1) is 19.5. The van der Waals surface area contributed by atoms with E-state index in [4.69, 9.17) is 14.2 Å². The van der Waals surface area contributed by atoms with Crippen LogP contribution in [0.15, 0.2) is 89.5 Å². The summed E-state index contributed by atoms with van der Waals surface area (Å²) in [6, 6.07) is 28.9. The molecule has 5 nitrogen and oxygen atoms in total. The average Bonchev–Trinajstić information content (AvgIpc) is 3.42. The van der Waals surface area contributed by atoms with Crippen molar-refractivity contribution < 1.29 is 9.26 Å². The fourth-order valence-corrected chi connectivity index (χ4v) is 4.23. The van der Waals surface area contributed by atoms with Crippen molar-refractivity contribution in [2.24, 2.45) is 0 Å². The number of rotatable bonds is 7. The quantitative estimate of drug-likeness (QED) is 0.442. The van der Waals surface area contributed by atoms with Crippen LogP contribution in [0.1, 0.15) is 34.3 Å². The van der Waals surface area contributed by atoms with Gasteiger partial charge in [-0.1, -0.05) is 84.0 Å². The molecule has 0 aliphatic carbocycles. The molecule has 1 aliphatic heterocycles. The van der Waals surface area contributed by atoms with Crippen LogP contribution in [-0.2, 0) is 13.0 Å². The molecular weight excluding hydrogens is 386 g/mol. The Balaban J connectivity index is 1.29. The van der Waals surface area contributed by atoms with Gasteiger partial charge < -0.3 is 9.26 Å². The maximum Gasteiger partial charge on any atom is 0.240 e. The van der Waals surface area contributed by atoms with Crippen LogP contribution in [-0.4, -0.2) is 34.7 Å². The van der Waals surface area contributed by atoms with Gasteiger partial charge in [-0.25, -0.2) is 0 Å². The lowest BCUT2D eigenvalue weighted by atomic mass is 9.91. The second kappa shape index (κ2) is 8.74. The molecule has 0 saturated carbocycles. The summed E-state index contributed by atoms with van der Waals surface area (Å²) in [5.41, 5.74) is 3.56. The molecule has 5 rings (SSSR count). The fraction of sp³-hybridized carbons (Fsp3) is 0.231. The Labute approximate surface area is 182 Å². The zero-order chi connectivity index (χ0) is 21.0. The molecule has 5 heteroatoms. The molecule has 1 unspecified atom stereocenters. The zero-order valence-electron chi connectivity index (χ0n) is 17.5. The number of para-hydroxylation sites is 1. The molecule has 31 heavy (non-hydrogen) atoms. The summed E-state index contributed by atoms with van der Waals surface area (Å²) >= 11 is 0. The van der Waals surface area contributed by atoms with Crippen LogP contribution in [0.25, 0.3) is 0 Å². The number of ether oxygens (including phenoxy) is 1. The SMILES string of the molecule is CN(Cc1nc(C(c2ccccc2)c2ccccc2)no1)CC1Cc2ccccc2O1. The minimum atomic E-state index is -0.0575. The van der Waals surface area contributed by atoms with Crippen molar-refractivity contribution in [1.29, 1.82) is 0 Å². The van der Waals surface area contributed by atoms with Gasteiger partial charge in [-0.3, -0.25) is 4.90 Å². The molecule has 0 fully saturated rings. The summed E-state index contributed by atoms with van der Waals surface area (Å²) in [7, 11) is 2.06. The average molecular weight is 412 g/mol. The van der Waals surface area contributed by atoms with Crippen molar-refractivity contribution in [3.8, 4) is 5.75 Å². The van der Waals surface area contributed by atoms with Gasteiger partial charge in [-0.05, 0) is 29.8 Å². The van der Waals surface area contributed by atoms with Gasteiger partial charge in [0.2, 0.25) is 5.89 Å². The molecule has 0 radical (unpaired) electrons. The predicted molar refractivity (Wildman–Crippen MR) is 119 cm³/mol. The highest BCUT2D eigenvalue weighted by molar-refractivity contribution is 5.38. The maximum atomic E-state index is 6.07. The van der Waals surface area contributed by atoms with Crippen LogP contribution in [0.2, 0.25) is 0 Å². The van der Waals surface area contributed by atoms with Gasteiger partial charge in [0.1, 0.15) is 11.9 Å². The van der Waals surface area contributed by atoms with E-state index in [0.29, 0.717) is 18.3 Å². The van der Waals surface area contributed by atoms with Crippen LogP contribution in [0.4, 0.5) is 0 Å². The highest BCUT2D eigenvalue weighted by Crippen LogP contribution is 2.30. The van der Waals surface area contributed by atoms with E-state index in [9.17, 15) is 0 Å². The number of fused-ring (bicyclic) bond motifs is 1. The van der Waals surface area contributed by atoms with E-state index in [1.165, 1.54) is 5.56 Å². The molecule has 156 valence electrons. The summed E-state index contributed by atoms with van der Waals surface area (Å²) in [6.07, 6.45) is 1.07. The number of nitrogens with zero attached hydrogens (tertiary/aromatic N) is 3. The second-order valence-corrected chi connectivity index (χ2v) is 8.05. The van der Waals surface area contributed by atoms with Crippen molar-refractivity contribution in [2.45, 2.75) is 25.0 Å². The Morgan fingerprint density at radius 3 is 2.23 bits per heavy atom. The highest BCUT2D eigenvalue weighted by Gasteiger charge is 2.25. The van der Waals surface area contributed by atoms with Crippen molar-refractivity contribution in [3.05, 3.63) is 113 Å². The minimum Gasteiger partial charge on any atom is -0.488 e. The Morgan fingerprint density at radius 2 is 1.55 bits per heavy atom. The maximum absolute atomic E-state index is 6.07. The lowest BCUT2D eigenvalue weighted by Gasteiger charge is -2.19. The van der Waals surface area contributed by atoms with Crippen molar-refractivity contribution >= 4 is 0 Å². The first-order valence-electron chi connectivity index (χ1n) is 10.6. The molecule has 1 aromatic heterocycles. The third kappa shape index (κ3) is 4.37. The molecule has 0 N–H and O–H groups in total. The standard InChI is InChI=1S/C26H25N3O2/c1-29(17-22-16-21-14-8-9-15-23(21)30-22)18-24-27-26(28-31-24)25(19-10-4-2-5-11-19)20-12-6-3-7-13-20/h2-15,22,25H,16-18H2,1H3. The van der Waals surface area contributed by atoms with Gasteiger partial charge in [-0.15, -0.1) is 0 Å². The number of hydrogen-bond acceptors (Lipinski definition) is 5. The lowest BCUT2D eigenvalue weighted by Crippen LogP contribution is -2.31. The van der Waals surface area contributed by atoms with E-state index in [1.807, 2.05) is 48.5 Å². The zero-order valence-corrected chi connectivity index (χ0v) is 17.5. The van der Waals surface area contributed by atoms with E-state index in [0.717, 1.165) is 29.8 Å². The summed E-state index contributed by atoms with van der Waals surface area (Å²) in [6.45, 7) is 1.38. The molecule has 0 saturated heterocycles. The van der Waals surface area contributed by atoms with Gasteiger partial charge in [0.15, 0.2) is 5.82 Å². The van der Waals surface area contributed by atoms with Crippen molar-refractivity contribution in [3.63, 3.8) is 0 Å². The summed E-state index contributed by atoms with van der Waals surface area (Å²) in [5.74, 6) is 2.24. The van der Waals surface area contributed by atoms with Gasteiger partial charge in [0.05, 0.1) is 12.5 Å². The van der Waals surface area contributed by atoms with E-state index >= 15 is 0 Å². The minimum absolute atomic E-state index is 0.0575. The van der Waals surface area contributed by atoms with E-state index in [-0.39, 0.29) is 12.0 Å². The number of hydrogen-bond donors (Lipinski definition) is 0. The Bertz CT molecular complexity index is 1060. The second-order valence-electron chi connectivity index (χ2n) is 8.05. The van der Waals surface area contributed by atoms with Gasteiger partial charge >= 0.3 is 0 Å². The number of aromatic nitrogens is 2. The fourth-order valence-electron chi connectivity index (χ4n) is 4.23. The molecule has 0 bridgehead atoms. The summed E-state index contributed by atoms with van der Waals surface area (Å²) < 4.78 is 11.7. The number of benzene rings is 3. The Morgan fingerprint density at radius 1 is 0.903 bits per heavy atom. The van der Waals surface area contributed by atoms with Crippen LogP contribution in [0, 0.1) is 0 Å². The molecule has 4 aromatic rings. The van der Waals surface area contributed by atoms with E-state index in [2.05, 4.69) is 53.5 Å². The topological polar surface area (TPSA) is 51.4 Å². The summed E-state index contributed by atoms with van der Waals surface area (Å²) in [5, 5.41) is 4.34.